The largest absolute Gasteiger partial charge is 0.480 e. The standard InChI is InChI=1S/C16H18N2O4S/c1-8-4-6-9(7-5-8)12(19)17-10-13(20)18-11(15(21)22)16(2,3)23-14(10)18/h4-7,10-11,14H,1-3H3,(H,17,19)(H,21,22)/t10-,11+,14-/m1/s1. The van der Waals surface area contributed by atoms with Crippen LogP contribution in [0.15, 0.2) is 24.3 Å². The summed E-state index contributed by atoms with van der Waals surface area (Å²) in [7, 11) is 0. The first kappa shape index (κ1) is 15.9. The molecule has 23 heavy (non-hydrogen) atoms. The number of fused-ring (bicyclic) bond motifs is 1. The monoisotopic (exact) mass is 334 g/mol. The number of β-lactam (4-membered cyclic amide) rings is 1. The molecule has 1 aromatic rings. The molecule has 0 bridgehead atoms. The Morgan fingerprint density at radius 1 is 1.26 bits per heavy atom. The molecule has 2 aliphatic heterocycles. The SMILES string of the molecule is Cc1ccc(C(=O)N[C@@H]2C(=O)N3[C@@H]2SC(C)(C)[C@@H]3C(=O)O)cc1. The Morgan fingerprint density at radius 3 is 2.43 bits per heavy atom. The van der Waals surface area contributed by atoms with E-state index in [4.69, 9.17) is 0 Å². The Kier molecular flexibility index (Phi) is 3.63. The first-order valence-electron chi connectivity index (χ1n) is 7.33. The van der Waals surface area contributed by atoms with Gasteiger partial charge in [-0.25, -0.2) is 4.79 Å². The molecule has 0 saturated carbocycles. The molecule has 0 unspecified atom stereocenters. The second kappa shape index (κ2) is 5.26. The third-order valence-electron chi connectivity index (χ3n) is 4.28. The Morgan fingerprint density at radius 2 is 1.87 bits per heavy atom. The van der Waals surface area contributed by atoms with Crippen LogP contribution in [-0.4, -0.2) is 50.0 Å². The molecular weight excluding hydrogens is 316 g/mol. The van der Waals surface area contributed by atoms with Gasteiger partial charge in [0, 0.05) is 10.3 Å². The number of carboxylic acid groups (broad SMARTS) is 1. The van der Waals surface area contributed by atoms with Gasteiger partial charge in [0.15, 0.2) is 0 Å². The van der Waals surface area contributed by atoms with E-state index in [-0.39, 0.29) is 17.2 Å². The van der Waals surface area contributed by atoms with E-state index < -0.39 is 22.8 Å². The summed E-state index contributed by atoms with van der Waals surface area (Å²) in [5.41, 5.74) is 1.53. The average Bonchev–Trinajstić information content (AvgIpc) is 2.73. The lowest BCUT2D eigenvalue weighted by atomic mass is 9.96. The molecular formula is C16H18N2O4S. The van der Waals surface area contributed by atoms with E-state index in [2.05, 4.69) is 5.32 Å². The molecule has 3 atom stereocenters. The smallest absolute Gasteiger partial charge is 0.327 e. The number of nitrogens with one attached hydrogen (secondary N) is 1. The summed E-state index contributed by atoms with van der Waals surface area (Å²) >= 11 is 1.42. The Labute approximate surface area is 138 Å². The summed E-state index contributed by atoms with van der Waals surface area (Å²) in [5, 5.41) is 11.8. The van der Waals surface area contributed by atoms with Gasteiger partial charge in [0.25, 0.3) is 5.91 Å². The number of amides is 2. The maximum Gasteiger partial charge on any atom is 0.327 e. The van der Waals surface area contributed by atoms with Crippen LogP contribution in [0.25, 0.3) is 0 Å². The minimum atomic E-state index is -1.01. The molecule has 1 aromatic carbocycles. The van der Waals surface area contributed by atoms with E-state index in [1.54, 1.807) is 26.0 Å². The van der Waals surface area contributed by atoms with E-state index in [0.717, 1.165) is 5.56 Å². The molecule has 6 nitrogen and oxygen atoms in total. The highest BCUT2D eigenvalue weighted by Gasteiger charge is 2.64. The number of aryl methyl sites for hydroxylation is 1. The highest BCUT2D eigenvalue weighted by molar-refractivity contribution is 8.01. The zero-order chi connectivity index (χ0) is 16.9. The molecule has 2 fully saturated rings. The number of thioether (sulfide) groups is 1. The number of aliphatic carboxylic acids is 1. The molecule has 2 amide bonds. The summed E-state index contributed by atoms with van der Waals surface area (Å²) in [6.07, 6.45) is 0. The van der Waals surface area contributed by atoms with Crippen LogP contribution in [0.4, 0.5) is 0 Å². The third-order valence-corrected chi connectivity index (χ3v) is 5.85. The van der Waals surface area contributed by atoms with Crippen molar-refractivity contribution in [1.82, 2.24) is 10.2 Å². The van der Waals surface area contributed by atoms with Gasteiger partial charge in [-0.3, -0.25) is 9.59 Å². The number of rotatable bonds is 3. The summed E-state index contributed by atoms with van der Waals surface area (Å²) < 4.78 is -0.588. The van der Waals surface area contributed by atoms with Gasteiger partial charge in [-0.2, -0.15) is 0 Å². The molecule has 2 saturated heterocycles. The molecule has 2 heterocycles. The number of carbonyl (C=O) groups is 3. The highest BCUT2D eigenvalue weighted by atomic mass is 32.2. The Balaban J connectivity index is 1.74. The Hall–Kier alpha value is -2.02. The van der Waals surface area contributed by atoms with Gasteiger partial charge in [-0.05, 0) is 32.9 Å². The van der Waals surface area contributed by atoms with E-state index in [9.17, 15) is 19.5 Å². The van der Waals surface area contributed by atoms with Crippen LogP contribution in [0.1, 0.15) is 29.8 Å². The zero-order valence-electron chi connectivity index (χ0n) is 13.1. The molecule has 2 N–H and O–H groups in total. The van der Waals surface area contributed by atoms with Crippen LogP contribution in [0.3, 0.4) is 0 Å². The minimum Gasteiger partial charge on any atom is -0.480 e. The normalized spacial score (nSPS) is 28.0. The lowest BCUT2D eigenvalue weighted by molar-refractivity contribution is -0.159. The topological polar surface area (TPSA) is 86.7 Å². The quantitative estimate of drug-likeness (QED) is 0.812. The van der Waals surface area contributed by atoms with E-state index in [1.165, 1.54) is 16.7 Å². The maximum atomic E-state index is 12.3. The van der Waals surface area contributed by atoms with Crippen molar-refractivity contribution in [2.75, 3.05) is 0 Å². The molecule has 0 aliphatic carbocycles. The van der Waals surface area contributed by atoms with Gasteiger partial charge in [0.1, 0.15) is 17.5 Å². The number of carboxylic acids is 1. The number of carbonyl (C=O) groups excluding carboxylic acids is 2. The molecule has 7 heteroatoms. The summed E-state index contributed by atoms with van der Waals surface area (Å²) in [6.45, 7) is 5.54. The number of hydrogen-bond donors (Lipinski definition) is 2. The summed E-state index contributed by atoms with van der Waals surface area (Å²) in [4.78, 5) is 37.4. The van der Waals surface area contributed by atoms with Crippen LogP contribution < -0.4 is 5.32 Å². The van der Waals surface area contributed by atoms with E-state index in [0.29, 0.717) is 5.56 Å². The van der Waals surface area contributed by atoms with E-state index >= 15 is 0 Å². The van der Waals surface area contributed by atoms with Crippen molar-refractivity contribution in [3.05, 3.63) is 35.4 Å². The fourth-order valence-electron chi connectivity index (χ4n) is 3.07. The van der Waals surface area contributed by atoms with Gasteiger partial charge in [0.2, 0.25) is 5.91 Å². The lowest BCUT2D eigenvalue weighted by Crippen LogP contribution is -2.70. The van der Waals surface area contributed by atoms with Crippen molar-refractivity contribution in [2.24, 2.45) is 0 Å². The third kappa shape index (κ3) is 2.49. The molecule has 0 radical (unpaired) electrons. The van der Waals surface area contributed by atoms with Gasteiger partial charge in [-0.15, -0.1) is 11.8 Å². The van der Waals surface area contributed by atoms with Crippen LogP contribution in [0, 0.1) is 6.92 Å². The number of nitrogens with zero attached hydrogens (tertiary/aromatic N) is 1. The fraction of sp³-hybridized carbons (Fsp3) is 0.438. The minimum absolute atomic E-state index is 0.319. The highest BCUT2D eigenvalue weighted by Crippen LogP contribution is 2.50. The fourth-order valence-corrected chi connectivity index (χ4v) is 4.70. The molecule has 122 valence electrons. The number of hydrogen-bond acceptors (Lipinski definition) is 4. The Bertz CT molecular complexity index is 686. The van der Waals surface area contributed by atoms with Gasteiger partial charge >= 0.3 is 5.97 Å². The molecule has 2 aliphatic rings. The molecule has 3 rings (SSSR count). The van der Waals surface area contributed by atoms with Crippen molar-refractivity contribution in [2.45, 2.75) is 43.0 Å². The molecule has 0 spiro atoms. The predicted octanol–water partition coefficient (Wildman–Crippen LogP) is 1.24. The van der Waals surface area contributed by atoms with Crippen molar-refractivity contribution < 1.29 is 19.5 Å². The van der Waals surface area contributed by atoms with Crippen LogP contribution in [0.5, 0.6) is 0 Å². The predicted molar refractivity (Wildman–Crippen MR) is 86.2 cm³/mol. The van der Waals surface area contributed by atoms with Crippen LogP contribution in [-0.2, 0) is 9.59 Å². The lowest BCUT2D eigenvalue weighted by Gasteiger charge is -2.43. The summed E-state index contributed by atoms with van der Waals surface area (Å²) in [6, 6.07) is 5.54. The van der Waals surface area contributed by atoms with Crippen LogP contribution in [0.2, 0.25) is 0 Å². The zero-order valence-corrected chi connectivity index (χ0v) is 13.9. The second-order valence-corrected chi connectivity index (χ2v) is 8.19. The summed E-state index contributed by atoms with van der Waals surface area (Å²) in [5.74, 6) is -1.66. The van der Waals surface area contributed by atoms with Gasteiger partial charge < -0.3 is 15.3 Å². The first-order chi connectivity index (χ1) is 10.7. The van der Waals surface area contributed by atoms with Crippen LogP contribution >= 0.6 is 11.8 Å². The number of benzene rings is 1. The van der Waals surface area contributed by atoms with E-state index in [1.807, 2.05) is 19.1 Å². The molecule has 0 aromatic heterocycles. The van der Waals surface area contributed by atoms with Gasteiger partial charge in [0.05, 0.1) is 0 Å². The van der Waals surface area contributed by atoms with Crippen molar-refractivity contribution in [1.29, 1.82) is 0 Å². The van der Waals surface area contributed by atoms with Crippen molar-refractivity contribution in [3.8, 4) is 0 Å². The first-order valence-corrected chi connectivity index (χ1v) is 8.20. The van der Waals surface area contributed by atoms with Crippen molar-refractivity contribution >= 4 is 29.5 Å². The second-order valence-electron chi connectivity index (χ2n) is 6.42. The maximum absolute atomic E-state index is 12.3. The average molecular weight is 334 g/mol. The van der Waals surface area contributed by atoms with Crippen molar-refractivity contribution in [3.63, 3.8) is 0 Å². The van der Waals surface area contributed by atoms with Gasteiger partial charge in [-0.1, -0.05) is 17.7 Å².